The summed E-state index contributed by atoms with van der Waals surface area (Å²) >= 11 is 0. The van der Waals surface area contributed by atoms with Crippen LogP contribution in [-0.2, 0) is 44.4 Å². The fraction of sp³-hybridized carbons (Fsp3) is 0.345. The van der Waals surface area contributed by atoms with Gasteiger partial charge in [0.25, 0.3) is 11.1 Å². The first kappa shape index (κ1) is 25.4. The van der Waals surface area contributed by atoms with Gasteiger partial charge in [-0.1, -0.05) is 13.8 Å². The van der Waals surface area contributed by atoms with Crippen LogP contribution in [0.5, 0.6) is 0 Å². The summed E-state index contributed by atoms with van der Waals surface area (Å²) in [6.45, 7) is 5.76. The van der Waals surface area contributed by atoms with Crippen LogP contribution in [0.15, 0.2) is 52.6 Å². The largest absolute Gasteiger partial charge is 0.392 e. The average Bonchev–Trinajstić information content (AvgIpc) is 3.60. The fourth-order valence-corrected chi connectivity index (χ4v) is 6.04. The second-order valence-electron chi connectivity index (χ2n) is 11.5. The molecule has 2 N–H and O–H groups in total. The topological polar surface area (TPSA) is 134 Å². The summed E-state index contributed by atoms with van der Waals surface area (Å²) in [4.78, 5) is 31.1. The zero-order chi connectivity index (χ0) is 28.5. The van der Waals surface area contributed by atoms with Crippen molar-refractivity contribution in [2.24, 2.45) is 12.5 Å². The molecule has 0 unspecified atom stereocenters. The Labute approximate surface area is 234 Å². The van der Waals surface area contributed by atoms with E-state index >= 15 is 0 Å². The van der Waals surface area contributed by atoms with Gasteiger partial charge in [-0.15, -0.1) is 0 Å². The molecule has 1 aliphatic heterocycles. The third-order valence-electron chi connectivity index (χ3n) is 7.95. The number of hydrogen-bond acceptors (Lipinski definition) is 8. The lowest BCUT2D eigenvalue weighted by Gasteiger charge is -2.17. The van der Waals surface area contributed by atoms with Crippen LogP contribution in [0.2, 0.25) is 0 Å². The Hall–Kier alpha value is -4.55. The van der Waals surface area contributed by atoms with Gasteiger partial charge in [0, 0.05) is 42.3 Å². The van der Waals surface area contributed by atoms with Crippen molar-refractivity contribution in [1.82, 2.24) is 33.5 Å². The molecule has 0 atom stereocenters. The molecule has 0 aromatic carbocycles. The maximum atomic E-state index is 13.6. The van der Waals surface area contributed by atoms with E-state index in [0.29, 0.717) is 53.5 Å². The molecule has 0 saturated heterocycles. The molecule has 2 aliphatic rings. The second kappa shape index (κ2) is 9.25. The van der Waals surface area contributed by atoms with Crippen LogP contribution in [0.3, 0.4) is 0 Å². The molecule has 6 heterocycles. The van der Waals surface area contributed by atoms with Gasteiger partial charge in [-0.3, -0.25) is 18.7 Å². The number of pyridine rings is 2. The van der Waals surface area contributed by atoms with Crippen LogP contribution in [0, 0.1) is 5.41 Å². The molecule has 0 amide bonds. The molecule has 210 valence electrons. The van der Waals surface area contributed by atoms with Gasteiger partial charge < -0.3 is 19.7 Å². The fourth-order valence-electron chi connectivity index (χ4n) is 6.04. The van der Waals surface area contributed by atoms with E-state index in [-0.39, 0.29) is 29.0 Å². The lowest BCUT2D eigenvalue weighted by molar-refractivity contribution is 0.0801. The van der Waals surface area contributed by atoms with Crippen LogP contribution in [0.1, 0.15) is 36.4 Å². The van der Waals surface area contributed by atoms with E-state index in [1.54, 1.807) is 37.9 Å². The minimum absolute atomic E-state index is 0.149. The Bertz CT molecular complexity index is 1940. The van der Waals surface area contributed by atoms with Gasteiger partial charge in [-0.05, 0) is 47.6 Å². The lowest BCUT2D eigenvalue weighted by atomic mass is 9.90. The van der Waals surface area contributed by atoms with Gasteiger partial charge in [0.15, 0.2) is 11.6 Å². The molecule has 41 heavy (non-hydrogen) atoms. The van der Waals surface area contributed by atoms with E-state index in [4.69, 9.17) is 4.74 Å². The van der Waals surface area contributed by atoms with Crippen molar-refractivity contribution in [2.45, 2.75) is 46.4 Å². The molecular formula is C29H30N8O4. The van der Waals surface area contributed by atoms with E-state index in [9.17, 15) is 14.7 Å². The van der Waals surface area contributed by atoms with Gasteiger partial charge in [-0.2, -0.15) is 14.9 Å². The van der Waals surface area contributed by atoms with Crippen molar-refractivity contribution in [1.29, 1.82) is 0 Å². The number of nitrogens with one attached hydrogen (secondary N) is 1. The maximum Gasteiger partial charge on any atom is 0.297 e. The molecular weight excluding hydrogens is 524 g/mol. The molecule has 12 heteroatoms. The predicted molar refractivity (Wildman–Crippen MR) is 152 cm³/mol. The predicted octanol–water partition coefficient (Wildman–Crippen LogP) is 2.33. The number of fused-ring (bicyclic) bond motifs is 4. The van der Waals surface area contributed by atoms with Crippen LogP contribution in [-0.4, -0.2) is 45.2 Å². The minimum atomic E-state index is -0.386. The Morgan fingerprint density at radius 3 is 2.80 bits per heavy atom. The zero-order valence-electron chi connectivity index (χ0n) is 23.1. The molecule has 0 radical (unpaired) electrons. The van der Waals surface area contributed by atoms with Crippen LogP contribution >= 0.6 is 0 Å². The zero-order valence-corrected chi connectivity index (χ0v) is 23.1. The molecule has 0 fully saturated rings. The number of aliphatic hydroxyl groups is 1. The summed E-state index contributed by atoms with van der Waals surface area (Å²) in [5, 5.41) is 22.7. The number of hydrogen-bond donors (Lipinski definition) is 2. The van der Waals surface area contributed by atoms with Crippen molar-refractivity contribution in [3.05, 3.63) is 86.2 Å². The summed E-state index contributed by atoms with van der Waals surface area (Å²) in [6.07, 6.45) is 6.68. The highest BCUT2D eigenvalue weighted by Gasteiger charge is 2.32. The molecule has 12 nitrogen and oxygen atoms in total. The van der Waals surface area contributed by atoms with Crippen LogP contribution < -0.4 is 16.4 Å². The standard InChI is InChI=1S/C29H30N8O4/c1-29(2)11-17-9-23-28(40)37(31-16-35(23)24(17)12-29)26-21(14-38)20(4-5-30-26)18-8-22(27(39)34(3)13-18)32-25-10-19-15-41-7-6-36(19)33-25/h4-5,8-10,13,16,38H,6-7,11-12,14-15H2,1-3H3,(H,32,33). The number of nitrogens with zero attached hydrogens (tertiary/aromatic N) is 7. The Kier molecular flexibility index (Phi) is 5.73. The van der Waals surface area contributed by atoms with E-state index < -0.39 is 0 Å². The minimum Gasteiger partial charge on any atom is -0.392 e. The summed E-state index contributed by atoms with van der Waals surface area (Å²) in [5.41, 5.74) is 5.37. The normalized spacial score (nSPS) is 15.7. The summed E-state index contributed by atoms with van der Waals surface area (Å²) < 4.78 is 11.9. The molecule has 5 aromatic heterocycles. The smallest absolute Gasteiger partial charge is 0.297 e. The van der Waals surface area contributed by atoms with E-state index in [1.807, 2.05) is 21.2 Å². The molecule has 0 saturated carbocycles. The second-order valence-corrected chi connectivity index (χ2v) is 11.5. The molecule has 0 spiro atoms. The van der Waals surface area contributed by atoms with E-state index in [0.717, 1.165) is 29.8 Å². The summed E-state index contributed by atoms with van der Waals surface area (Å²) in [7, 11) is 1.66. The third kappa shape index (κ3) is 4.18. The van der Waals surface area contributed by atoms with Crippen molar-refractivity contribution in [3.63, 3.8) is 0 Å². The van der Waals surface area contributed by atoms with Crippen molar-refractivity contribution >= 4 is 17.0 Å². The van der Waals surface area contributed by atoms with Crippen molar-refractivity contribution in [2.75, 3.05) is 11.9 Å². The lowest BCUT2D eigenvalue weighted by Crippen LogP contribution is -2.26. The van der Waals surface area contributed by atoms with Crippen LogP contribution in [0.25, 0.3) is 22.5 Å². The highest BCUT2D eigenvalue weighted by molar-refractivity contribution is 5.73. The Morgan fingerprint density at radius 1 is 1.15 bits per heavy atom. The number of rotatable bonds is 5. The number of anilines is 2. The quantitative estimate of drug-likeness (QED) is 0.338. The number of aliphatic hydroxyl groups excluding tert-OH is 1. The molecule has 0 bridgehead atoms. The third-order valence-corrected chi connectivity index (χ3v) is 7.95. The first-order valence-corrected chi connectivity index (χ1v) is 13.6. The first-order chi connectivity index (χ1) is 19.7. The van der Waals surface area contributed by atoms with E-state index in [1.165, 1.54) is 9.25 Å². The van der Waals surface area contributed by atoms with Crippen LogP contribution in [0.4, 0.5) is 11.5 Å². The Morgan fingerprint density at radius 2 is 2.00 bits per heavy atom. The highest BCUT2D eigenvalue weighted by Crippen LogP contribution is 2.37. The number of ether oxygens (including phenoxy) is 1. The van der Waals surface area contributed by atoms with Gasteiger partial charge >= 0.3 is 0 Å². The summed E-state index contributed by atoms with van der Waals surface area (Å²) in [6, 6.07) is 7.27. The Balaban J connectivity index is 1.30. The SMILES string of the molecule is Cn1cc(-c2ccnc(-n3ncn4c5c(cc4c3=O)CC(C)(C)C5)c2CO)cc(Nc2cc3n(n2)CCOC3)c1=O. The van der Waals surface area contributed by atoms with Gasteiger partial charge in [-0.25, -0.2) is 4.98 Å². The monoisotopic (exact) mass is 554 g/mol. The number of aryl methyl sites for hydroxylation is 1. The molecule has 5 aromatic rings. The van der Waals surface area contributed by atoms with Crippen molar-refractivity contribution < 1.29 is 9.84 Å². The maximum absolute atomic E-state index is 13.6. The highest BCUT2D eigenvalue weighted by atomic mass is 16.5. The first-order valence-electron chi connectivity index (χ1n) is 13.6. The molecule has 7 rings (SSSR count). The van der Waals surface area contributed by atoms with Crippen molar-refractivity contribution in [3.8, 4) is 16.9 Å². The average molecular weight is 555 g/mol. The van der Waals surface area contributed by atoms with Gasteiger partial charge in [0.1, 0.15) is 17.5 Å². The summed E-state index contributed by atoms with van der Waals surface area (Å²) in [5.74, 6) is 0.786. The van der Waals surface area contributed by atoms with E-state index in [2.05, 4.69) is 34.3 Å². The van der Waals surface area contributed by atoms with Gasteiger partial charge in [0.05, 0.1) is 32.1 Å². The molecule has 1 aliphatic carbocycles. The van der Waals surface area contributed by atoms with Gasteiger partial charge in [0.2, 0.25) is 0 Å². The number of aromatic nitrogens is 7.